The van der Waals surface area contributed by atoms with Crippen molar-refractivity contribution in [3.63, 3.8) is 0 Å². The van der Waals surface area contributed by atoms with Crippen LogP contribution in [0, 0.1) is 11.8 Å². The van der Waals surface area contributed by atoms with E-state index in [9.17, 15) is 5.21 Å². The Bertz CT molecular complexity index is 465. The first-order chi connectivity index (χ1) is 11.2. The van der Waals surface area contributed by atoms with Crippen LogP contribution >= 0.6 is 30.1 Å². The molecule has 2 aliphatic heterocycles. The van der Waals surface area contributed by atoms with Crippen molar-refractivity contribution in [1.29, 1.82) is 0 Å². The Morgan fingerprint density at radius 3 is 2.83 bits per heavy atom. The SMILES string of the molecule is CC1C=CC(C2CC3CN(C4CCCCC4NO)C3C2SI)N1. The molecule has 2 heterocycles. The second-order valence-electron chi connectivity index (χ2n) is 7.85. The van der Waals surface area contributed by atoms with Gasteiger partial charge in [0, 0.05) is 42.0 Å². The smallest absolute Gasteiger partial charge is 0.0475 e. The van der Waals surface area contributed by atoms with Gasteiger partial charge in [0.15, 0.2) is 0 Å². The van der Waals surface area contributed by atoms with E-state index in [4.69, 9.17) is 0 Å². The van der Waals surface area contributed by atoms with Crippen LogP contribution in [0.15, 0.2) is 12.2 Å². The lowest BCUT2D eigenvalue weighted by Gasteiger charge is -2.53. The van der Waals surface area contributed by atoms with Crippen LogP contribution in [0.5, 0.6) is 0 Å². The second kappa shape index (κ2) is 7.11. The van der Waals surface area contributed by atoms with Crippen molar-refractivity contribution >= 4 is 30.1 Å². The molecular weight excluding hydrogens is 421 g/mol. The normalized spacial score (nSPS) is 50.0. The Labute approximate surface area is 155 Å². The molecule has 0 radical (unpaired) electrons. The third kappa shape index (κ3) is 3.01. The minimum Gasteiger partial charge on any atom is -0.316 e. The maximum absolute atomic E-state index is 9.54. The highest BCUT2D eigenvalue weighted by atomic mass is 127. The molecule has 0 aromatic heterocycles. The van der Waals surface area contributed by atoms with Crippen LogP contribution in [0.4, 0.5) is 0 Å². The first-order valence-corrected chi connectivity index (χ1v) is 12.5. The van der Waals surface area contributed by atoms with Crippen molar-refractivity contribution < 1.29 is 5.21 Å². The summed E-state index contributed by atoms with van der Waals surface area (Å²) in [6.45, 7) is 3.49. The van der Waals surface area contributed by atoms with Crippen molar-refractivity contribution in [2.45, 2.75) is 74.5 Å². The molecule has 130 valence electrons. The van der Waals surface area contributed by atoms with Crippen LogP contribution in [0.3, 0.4) is 0 Å². The molecule has 2 saturated carbocycles. The Morgan fingerprint density at radius 2 is 2.13 bits per heavy atom. The maximum atomic E-state index is 9.54. The Balaban J connectivity index is 1.47. The third-order valence-corrected chi connectivity index (χ3v) is 9.19. The van der Waals surface area contributed by atoms with Gasteiger partial charge in [-0.3, -0.25) is 4.90 Å². The number of halogens is 1. The number of hydroxylamine groups is 1. The molecule has 23 heavy (non-hydrogen) atoms. The summed E-state index contributed by atoms with van der Waals surface area (Å²) in [5, 5.41) is 14.0. The summed E-state index contributed by atoms with van der Waals surface area (Å²) in [4.78, 5) is 2.73. The second-order valence-corrected chi connectivity index (χ2v) is 10.1. The van der Waals surface area contributed by atoms with Crippen LogP contribution in [-0.4, -0.2) is 52.1 Å². The predicted octanol–water partition coefficient (Wildman–Crippen LogP) is 2.96. The van der Waals surface area contributed by atoms with Crippen molar-refractivity contribution in [3.05, 3.63) is 12.2 Å². The van der Waals surface area contributed by atoms with Crippen molar-refractivity contribution in [1.82, 2.24) is 15.7 Å². The molecule has 0 amide bonds. The summed E-state index contributed by atoms with van der Waals surface area (Å²) in [7, 11) is 2.04. The van der Waals surface area contributed by atoms with Gasteiger partial charge in [0.1, 0.15) is 0 Å². The van der Waals surface area contributed by atoms with E-state index < -0.39 is 0 Å². The monoisotopic (exact) mass is 449 g/mol. The Hall–Kier alpha value is 0.660. The van der Waals surface area contributed by atoms with Crippen LogP contribution < -0.4 is 10.8 Å². The minimum absolute atomic E-state index is 0.271. The fraction of sp³-hybridized carbons (Fsp3) is 0.882. The highest BCUT2D eigenvalue weighted by Gasteiger charge is 2.57. The highest BCUT2D eigenvalue weighted by Crippen LogP contribution is 2.52. The van der Waals surface area contributed by atoms with E-state index in [0.717, 1.165) is 18.3 Å². The molecule has 4 nitrogen and oxygen atoms in total. The first-order valence-electron chi connectivity index (χ1n) is 9.10. The summed E-state index contributed by atoms with van der Waals surface area (Å²) >= 11 is 2.52. The van der Waals surface area contributed by atoms with Crippen molar-refractivity contribution in [2.24, 2.45) is 11.8 Å². The number of hydrogen-bond acceptors (Lipinski definition) is 5. The zero-order valence-electron chi connectivity index (χ0n) is 13.7. The van der Waals surface area contributed by atoms with Crippen LogP contribution in [0.1, 0.15) is 39.0 Å². The molecule has 0 aromatic carbocycles. The van der Waals surface area contributed by atoms with E-state index in [1.54, 1.807) is 0 Å². The van der Waals surface area contributed by atoms with E-state index in [1.165, 1.54) is 32.2 Å². The van der Waals surface area contributed by atoms with E-state index in [2.05, 4.69) is 56.0 Å². The molecule has 4 aliphatic rings. The third-order valence-electron chi connectivity index (χ3n) is 6.59. The van der Waals surface area contributed by atoms with Crippen molar-refractivity contribution in [3.8, 4) is 0 Å². The molecule has 2 aliphatic carbocycles. The van der Waals surface area contributed by atoms with Gasteiger partial charge in [0.25, 0.3) is 0 Å². The summed E-state index contributed by atoms with van der Waals surface area (Å²) in [6, 6.07) is 2.60. The van der Waals surface area contributed by atoms with E-state index >= 15 is 0 Å². The van der Waals surface area contributed by atoms with Gasteiger partial charge in [-0.25, -0.2) is 5.48 Å². The van der Waals surface area contributed by atoms with Crippen LogP contribution in [0.25, 0.3) is 0 Å². The molecular formula is C17H28IN3OS. The maximum Gasteiger partial charge on any atom is 0.0475 e. The first kappa shape index (κ1) is 17.1. The highest BCUT2D eigenvalue weighted by molar-refractivity contribution is 14.2. The van der Waals surface area contributed by atoms with Gasteiger partial charge in [0.2, 0.25) is 0 Å². The lowest BCUT2D eigenvalue weighted by atomic mass is 9.82. The Morgan fingerprint density at radius 1 is 1.30 bits per heavy atom. The van der Waals surface area contributed by atoms with Gasteiger partial charge in [0.05, 0.1) is 0 Å². The standard InChI is InChI=1S/C17H28IN3OS/c1-10-6-7-13(19-10)12-8-11-9-21(16(11)17(12)23-18)15-5-3-2-4-14(15)20-22/h6-7,10-17,19-20,22H,2-5,8-9H2,1H3. The number of rotatable bonds is 4. The van der Waals surface area contributed by atoms with Gasteiger partial charge >= 0.3 is 0 Å². The minimum atomic E-state index is 0.271. The van der Waals surface area contributed by atoms with Gasteiger partial charge < -0.3 is 10.5 Å². The molecule has 8 atom stereocenters. The zero-order valence-corrected chi connectivity index (χ0v) is 16.7. The fourth-order valence-corrected chi connectivity index (χ4v) is 8.42. The summed E-state index contributed by atoms with van der Waals surface area (Å²) in [6.07, 6.45) is 11.0. The topological polar surface area (TPSA) is 47.5 Å². The number of fused-ring (bicyclic) bond motifs is 1. The van der Waals surface area contributed by atoms with Crippen LogP contribution in [-0.2, 0) is 0 Å². The lowest BCUT2D eigenvalue weighted by Crippen LogP contribution is -2.65. The zero-order chi connectivity index (χ0) is 16.0. The van der Waals surface area contributed by atoms with Gasteiger partial charge in [-0.15, -0.1) is 0 Å². The predicted molar refractivity (Wildman–Crippen MR) is 104 cm³/mol. The molecule has 0 spiro atoms. The molecule has 6 heteroatoms. The van der Waals surface area contributed by atoms with Gasteiger partial charge in [-0.2, -0.15) is 0 Å². The fourth-order valence-electron chi connectivity index (χ4n) is 5.49. The largest absolute Gasteiger partial charge is 0.316 e. The average molecular weight is 449 g/mol. The van der Waals surface area contributed by atoms with Crippen molar-refractivity contribution in [2.75, 3.05) is 6.54 Å². The number of nitrogens with zero attached hydrogens (tertiary/aromatic N) is 1. The molecule has 4 rings (SSSR count). The van der Waals surface area contributed by atoms with Gasteiger partial charge in [-0.1, -0.05) is 33.9 Å². The molecule has 3 fully saturated rings. The summed E-state index contributed by atoms with van der Waals surface area (Å²) in [5.74, 6) is 1.61. The molecule has 0 bridgehead atoms. The number of hydrogen-bond donors (Lipinski definition) is 3. The van der Waals surface area contributed by atoms with Crippen LogP contribution in [0.2, 0.25) is 0 Å². The van der Waals surface area contributed by atoms with Gasteiger partial charge in [-0.05, 0) is 59.2 Å². The Kier molecular flexibility index (Phi) is 5.29. The summed E-state index contributed by atoms with van der Waals surface area (Å²) in [5.41, 5.74) is 2.61. The van der Waals surface area contributed by atoms with E-state index in [-0.39, 0.29) is 6.04 Å². The molecule has 8 unspecified atom stereocenters. The number of likely N-dealkylation sites (tertiary alicyclic amines) is 1. The molecule has 1 saturated heterocycles. The lowest BCUT2D eigenvalue weighted by molar-refractivity contribution is -0.0488. The molecule has 3 N–H and O–H groups in total. The quantitative estimate of drug-likeness (QED) is 0.350. The molecule has 0 aromatic rings. The average Bonchev–Trinajstić information content (AvgIpc) is 3.09. The van der Waals surface area contributed by atoms with E-state index in [0.29, 0.717) is 29.4 Å². The van der Waals surface area contributed by atoms with E-state index in [1.807, 2.05) is 8.93 Å². The summed E-state index contributed by atoms with van der Waals surface area (Å²) < 4.78 is 0. The number of nitrogens with one attached hydrogen (secondary N) is 2.